The van der Waals surface area contributed by atoms with Gasteiger partial charge in [0.1, 0.15) is 5.03 Å². The minimum absolute atomic E-state index is 0.00857. The molecule has 2 aromatic rings. The van der Waals surface area contributed by atoms with Gasteiger partial charge in [0.25, 0.3) is 0 Å². The van der Waals surface area contributed by atoms with Crippen molar-refractivity contribution in [1.82, 2.24) is 10.2 Å². The van der Waals surface area contributed by atoms with Gasteiger partial charge in [0, 0.05) is 11.5 Å². The number of hydrogen-bond donors (Lipinski definition) is 1. The molecule has 5 nitrogen and oxygen atoms in total. The van der Waals surface area contributed by atoms with Gasteiger partial charge in [0.05, 0.1) is 5.75 Å². The van der Waals surface area contributed by atoms with E-state index in [1.807, 2.05) is 31.2 Å². The third-order valence-electron chi connectivity index (χ3n) is 3.56. The van der Waals surface area contributed by atoms with E-state index in [0.717, 1.165) is 18.4 Å². The van der Waals surface area contributed by atoms with Crippen molar-refractivity contribution >= 4 is 29.3 Å². The standard InChI is InChI=1S/C17H17N3O2S/c1-11-2-4-12(5-3-11)14(21)10-23-16-9-8-15(19-20-16)18-17(22)13-6-7-13/h2-5,8-9,13H,6-7,10H2,1H3,(H,18,19,22). The van der Waals surface area contributed by atoms with Crippen LogP contribution in [0.1, 0.15) is 28.8 Å². The Bertz CT molecular complexity index is 710. The summed E-state index contributed by atoms with van der Waals surface area (Å²) in [5.41, 5.74) is 1.83. The van der Waals surface area contributed by atoms with Gasteiger partial charge in [-0.3, -0.25) is 9.59 Å². The summed E-state index contributed by atoms with van der Waals surface area (Å²) < 4.78 is 0. The first-order chi connectivity index (χ1) is 11.1. The number of benzene rings is 1. The molecule has 0 bridgehead atoms. The van der Waals surface area contributed by atoms with Crippen LogP contribution in [-0.2, 0) is 4.79 Å². The predicted octanol–water partition coefficient (Wildman–Crippen LogP) is 3.11. The van der Waals surface area contributed by atoms with Gasteiger partial charge in [0.2, 0.25) is 5.91 Å². The van der Waals surface area contributed by atoms with E-state index in [1.54, 1.807) is 12.1 Å². The van der Waals surface area contributed by atoms with Crippen LogP contribution in [0.15, 0.2) is 41.4 Å². The smallest absolute Gasteiger partial charge is 0.228 e. The van der Waals surface area contributed by atoms with Crippen LogP contribution in [-0.4, -0.2) is 27.6 Å². The summed E-state index contributed by atoms with van der Waals surface area (Å²) in [4.78, 5) is 23.7. The van der Waals surface area contributed by atoms with Crippen molar-refractivity contribution in [2.45, 2.75) is 24.8 Å². The normalized spacial score (nSPS) is 13.6. The van der Waals surface area contributed by atoms with Crippen LogP contribution in [0.5, 0.6) is 0 Å². The number of carbonyl (C=O) groups excluding carboxylic acids is 2. The van der Waals surface area contributed by atoms with Crippen LogP contribution >= 0.6 is 11.8 Å². The van der Waals surface area contributed by atoms with Crippen molar-refractivity contribution < 1.29 is 9.59 Å². The molecule has 1 saturated carbocycles. The number of hydrogen-bond acceptors (Lipinski definition) is 5. The van der Waals surface area contributed by atoms with E-state index in [4.69, 9.17) is 0 Å². The average molecular weight is 327 g/mol. The van der Waals surface area contributed by atoms with Gasteiger partial charge in [-0.15, -0.1) is 10.2 Å². The highest BCUT2D eigenvalue weighted by Gasteiger charge is 2.29. The summed E-state index contributed by atoms with van der Waals surface area (Å²) in [6.07, 6.45) is 1.91. The largest absolute Gasteiger partial charge is 0.309 e. The Morgan fingerprint density at radius 1 is 1.13 bits per heavy atom. The van der Waals surface area contributed by atoms with E-state index in [9.17, 15) is 9.59 Å². The third-order valence-corrected chi connectivity index (χ3v) is 4.48. The van der Waals surface area contributed by atoms with Crippen LogP contribution in [0.2, 0.25) is 0 Å². The van der Waals surface area contributed by atoms with E-state index < -0.39 is 0 Å². The molecule has 0 atom stereocenters. The SMILES string of the molecule is Cc1ccc(C(=O)CSc2ccc(NC(=O)C3CC3)nn2)cc1. The number of ketones is 1. The summed E-state index contributed by atoms with van der Waals surface area (Å²) >= 11 is 1.34. The second-order valence-electron chi connectivity index (χ2n) is 5.60. The molecule has 0 radical (unpaired) electrons. The van der Waals surface area contributed by atoms with Gasteiger partial charge >= 0.3 is 0 Å². The molecule has 1 aromatic heterocycles. The van der Waals surface area contributed by atoms with Gasteiger partial charge < -0.3 is 5.32 Å². The fourth-order valence-corrected chi connectivity index (χ4v) is 2.71. The van der Waals surface area contributed by atoms with Crippen LogP contribution < -0.4 is 5.32 Å². The van der Waals surface area contributed by atoms with Crippen LogP contribution in [0.3, 0.4) is 0 Å². The molecular weight excluding hydrogens is 310 g/mol. The van der Waals surface area contributed by atoms with Gasteiger partial charge in [-0.25, -0.2) is 0 Å². The summed E-state index contributed by atoms with van der Waals surface area (Å²) in [5.74, 6) is 0.970. The minimum atomic E-state index is 0.00857. The molecule has 23 heavy (non-hydrogen) atoms. The number of aromatic nitrogens is 2. The highest BCUT2D eigenvalue weighted by molar-refractivity contribution is 7.99. The average Bonchev–Trinajstić information content (AvgIpc) is 3.39. The van der Waals surface area contributed by atoms with Crippen molar-refractivity contribution in [3.05, 3.63) is 47.5 Å². The zero-order valence-electron chi connectivity index (χ0n) is 12.8. The third kappa shape index (κ3) is 4.39. The van der Waals surface area contributed by atoms with E-state index in [0.29, 0.717) is 22.2 Å². The lowest BCUT2D eigenvalue weighted by molar-refractivity contribution is -0.117. The van der Waals surface area contributed by atoms with Crippen molar-refractivity contribution in [3.8, 4) is 0 Å². The van der Waals surface area contributed by atoms with Gasteiger partial charge in [0.15, 0.2) is 11.6 Å². The molecular formula is C17H17N3O2S. The molecule has 1 N–H and O–H groups in total. The first-order valence-corrected chi connectivity index (χ1v) is 8.47. The predicted molar refractivity (Wildman–Crippen MR) is 89.6 cm³/mol. The summed E-state index contributed by atoms with van der Waals surface area (Å²) in [5, 5.41) is 11.4. The molecule has 1 aliphatic rings. The van der Waals surface area contributed by atoms with Gasteiger partial charge in [-0.05, 0) is 31.9 Å². The van der Waals surface area contributed by atoms with Crippen molar-refractivity contribution in [2.75, 3.05) is 11.1 Å². The van der Waals surface area contributed by atoms with E-state index in [2.05, 4.69) is 15.5 Å². The minimum Gasteiger partial charge on any atom is -0.309 e. The first-order valence-electron chi connectivity index (χ1n) is 7.49. The number of aryl methyl sites for hydroxylation is 1. The molecule has 118 valence electrons. The van der Waals surface area contributed by atoms with E-state index >= 15 is 0 Å². The summed E-state index contributed by atoms with van der Waals surface area (Å²) in [7, 11) is 0. The Morgan fingerprint density at radius 3 is 2.48 bits per heavy atom. The van der Waals surface area contributed by atoms with Gasteiger partial charge in [-0.2, -0.15) is 0 Å². The lowest BCUT2D eigenvalue weighted by Gasteiger charge is -2.04. The number of rotatable bonds is 6. The molecule has 1 aliphatic carbocycles. The van der Waals surface area contributed by atoms with Crippen molar-refractivity contribution in [1.29, 1.82) is 0 Å². The molecule has 1 heterocycles. The first kappa shape index (κ1) is 15.7. The Labute approximate surface area is 138 Å². The number of thioether (sulfide) groups is 1. The topological polar surface area (TPSA) is 72.0 Å². The molecule has 6 heteroatoms. The van der Waals surface area contributed by atoms with Crippen molar-refractivity contribution in [3.63, 3.8) is 0 Å². The maximum absolute atomic E-state index is 12.1. The van der Waals surface area contributed by atoms with Crippen LogP contribution in [0.25, 0.3) is 0 Å². The maximum atomic E-state index is 12.1. The molecule has 1 aromatic carbocycles. The highest BCUT2D eigenvalue weighted by atomic mass is 32.2. The summed E-state index contributed by atoms with van der Waals surface area (Å²) in [6.45, 7) is 1.99. The summed E-state index contributed by atoms with van der Waals surface area (Å²) in [6, 6.07) is 11.0. The molecule has 0 unspecified atom stereocenters. The second kappa shape index (κ2) is 6.91. The van der Waals surface area contributed by atoms with E-state index in [-0.39, 0.29) is 17.6 Å². The number of Topliss-reactive ketones (excluding diaryl/α,β-unsaturated/α-hetero) is 1. The zero-order chi connectivity index (χ0) is 16.2. The molecule has 0 spiro atoms. The Hall–Kier alpha value is -2.21. The maximum Gasteiger partial charge on any atom is 0.228 e. The fraction of sp³-hybridized carbons (Fsp3) is 0.294. The molecule has 1 fully saturated rings. The van der Waals surface area contributed by atoms with Crippen LogP contribution in [0.4, 0.5) is 5.82 Å². The Balaban J connectivity index is 1.52. The van der Waals surface area contributed by atoms with Crippen LogP contribution in [0, 0.1) is 12.8 Å². The number of amides is 1. The molecule has 3 rings (SSSR count). The molecule has 0 saturated heterocycles. The lowest BCUT2D eigenvalue weighted by Crippen LogP contribution is -2.14. The number of carbonyl (C=O) groups is 2. The zero-order valence-corrected chi connectivity index (χ0v) is 13.6. The number of nitrogens with one attached hydrogen (secondary N) is 1. The molecule has 1 amide bonds. The quantitative estimate of drug-likeness (QED) is 0.652. The monoisotopic (exact) mass is 327 g/mol. The molecule has 0 aliphatic heterocycles. The lowest BCUT2D eigenvalue weighted by atomic mass is 10.1. The fourth-order valence-electron chi connectivity index (χ4n) is 2.00. The Kier molecular flexibility index (Phi) is 4.71. The van der Waals surface area contributed by atoms with Crippen molar-refractivity contribution in [2.24, 2.45) is 5.92 Å². The van der Waals surface area contributed by atoms with E-state index in [1.165, 1.54) is 11.8 Å². The second-order valence-corrected chi connectivity index (χ2v) is 6.59. The number of anilines is 1. The van der Waals surface area contributed by atoms with Gasteiger partial charge in [-0.1, -0.05) is 41.6 Å². The highest BCUT2D eigenvalue weighted by Crippen LogP contribution is 2.30. The Morgan fingerprint density at radius 2 is 1.87 bits per heavy atom. The number of nitrogens with zero attached hydrogens (tertiary/aromatic N) is 2.